The molecule has 0 bridgehead atoms. The van der Waals surface area contributed by atoms with Gasteiger partial charge in [0.1, 0.15) is 5.92 Å². The van der Waals surface area contributed by atoms with Gasteiger partial charge < -0.3 is 15.4 Å². The highest BCUT2D eigenvalue weighted by molar-refractivity contribution is 8.03. The Morgan fingerprint density at radius 1 is 1.12 bits per heavy atom. The number of nitrogens with one attached hydrogen (secondary N) is 2. The predicted molar refractivity (Wildman–Crippen MR) is 128 cm³/mol. The van der Waals surface area contributed by atoms with E-state index in [4.69, 9.17) is 39.5 Å². The van der Waals surface area contributed by atoms with Crippen molar-refractivity contribution in [1.29, 1.82) is 5.26 Å². The zero-order chi connectivity index (χ0) is 24.1. The van der Waals surface area contributed by atoms with Gasteiger partial charge in [-0.15, -0.1) is 0 Å². The van der Waals surface area contributed by atoms with Gasteiger partial charge in [0, 0.05) is 26.7 Å². The van der Waals surface area contributed by atoms with Crippen molar-refractivity contribution in [1.82, 2.24) is 5.32 Å². The van der Waals surface area contributed by atoms with E-state index in [0.717, 1.165) is 11.8 Å². The topological polar surface area (TPSA) is 108 Å². The number of amides is 2. The zero-order valence-electron chi connectivity index (χ0n) is 17.0. The highest BCUT2D eigenvalue weighted by Crippen LogP contribution is 2.40. The number of rotatable bonds is 6. The Bertz CT molecular complexity index is 1160. The number of halogens is 3. The van der Waals surface area contributed by atoms with E-state index in [9.17, 15) is 19.6 Å². The van der Waals surface area contributed by atoms with E-state index in [1.54, 1.807) is 24.3 Å². The molecule has 0 radical (unpaired) electrons. The molecular weight excluding hydrogens is 509 g/mol. The number of nitrogens with zero attached hydrogens (tertiary/aromatic N) is 1. The Morgan fingerprint density at radius 3 is 2.33 bits per heavy atom. The number of hydrogen-bond donors (Lipinski definition) is 2. The molecule has 33 heavy (non-hydrogen) atoms. The lowest BCUT2D eigenvalue weighted by Crippen LogP contribution is -2.44. The first-order chi connectivity index (χ1) is 15.7. The number of hydrogen-bond acceptors (Lipinski definition) is 6. The average Bonchev–Trinajstić information content (AvgIpc) is 2.76. The van der Waals surface area contributed by atoms with Crippen LogP contribution in [0.15, 0.2) is 53.1 Å². The maximum Gasteiger partial charge on any atom is 0.319 e. The van der Waals surface area contributed by atoms with Crippen LogP contribution in [0.5, 0.6) is 0 Å². The molecular formula is C22H16Cl3N3O4S. The van der Waals surface area contributed by atoms with Gasteiger partial charge >= 0.3 is 5.97 Å². The summed E-state index contributed by atoms with van der Waals surface area (Å²) in [6, 6.07) is 13.2. The van der Waals surface area contributed by atoms with Crippen molar-refractivity contribution in [3.63, 3.8) is 0 Å². The molecule has 0 saturated heterocycles. The molecule has 3 rings (SSSR count). The molecule has 2 N–H and O–H groups in total. The zero-order valence-corrected chi connectivity index (χ0v) is 20.1. The second kappa shape index (κ2) is 10.9. The molecule has 1 aliphatic heterocycles. The van der Waals surface area contributed by atoms with E-state index < -0.39 is 29.6 Å². The maximum atomic E-state index is 12.8. The third-order valence-electron chi connectivity index (χ3n) is 4.71. The van der Waals surface area contributed by atoms with E-state index in [0.29, 0.717) is 26.3 Å². The second-order valence-corrected chi connectivity index (χ2v) is 9.16. The van der Waals surface area contributed by atoms with Crippen LogP contribution in [0.4, 0.5) is 5.69 Å². The molecule has 0 aromatic heterocycles. The number of ether oxygens (including phenoxy) is 1. The van der Waals surface area contributed by atoms with E-state index in [1.165, 1.54) is 25.3 Å². The fourth-order valence-corrected chi connectivity index (χ4v) is 4.81. The summed E-state index contributed by atoms with van der Waals surface area (Å²) in [6.45, 7) is 0. The van der Waals surface area contributed by atoms with Crippen LogP contribution in [-0.2, 0) is 19.1 Å². The van der Waals surface area contributed by atoms with E-state index >= 15 is 0 Å². The third-order valence-corrected chi connectivity index (χ3v) is 6.41. The fraction of sp³-hybridized carbons (Fsp3) is 0.182. The summed E-state index contributed by atoms with van der Waals surface area (Å²) in [6.07, 6.45) is 0. The number of methoxy groups -OCH3 is 1. The van der Waals surface area contributed by atoms with Gasteiger partial charge in [0.25, 0.3) is 0 Å². The molecule has 11 heteroatoms. The summed E-state index contributed by atoms with van der Waals surface area (Å²) in [5.74, 6) is -4.11. The SMILES string of the molecule is COC(=O)[C@@H]1C(=O)NC(SCC(=O)Nc2cc(Cl)cc(Cl)c2)=C(C#N)[C@@H]1c1ccc(Cl)cc1. The first-order valence-electron chi connectivity index (χ1n) is 9.40. The van der Waals surface area contributed by atoms with Gasteiger partial charge in [0.2, 0.25) is 11.8 Å². The summed E-state index contributed by atoms with van der Waals surface area (Å²) in [4.78, 5) is 37.6. The smallest absolute Gasteiger partial charge is 0.319 e. The number of carbonyl (C=O) groups excluding carboxylic acids is 3. The number of thioether (sulfide) groups is 1. The van der Waals surface area contributed by atoms with Crippen molar-refractivity contribution in [2.24, 2.45) is 5.92 Å². The molecule has 0 spiro atoms. The molecule has 2 aromatic carbocycles. The van der Waals surface area contributed by atoms with Crippen LogP contribution < -0.4 is 10.6 Å². The monoisotopic (exact) mass is 523 g/mol. The molecule has 0 aliphatic carbocycles. The van der Waals surface area contributed by atoms with Gasteiger partial charge in [-0.05, 0) is 35.9 Å². The molecule has 7 nitrogen and oxygen atoms in total. The van der Waals surface area contributed by atoms with E-state index in [1.807, 2.05) is 0 Å². The molecule has 0 saturated carbocycles. The number of nitriles is 1. The summed E-state index contributed by atoms with van der Waals surface area (Å²) < 4.78 is 4.80. The lowest BCUT2D eigenvalue weighted by atomic mass is 9.78. The maximum absolute atomic E-state index is 12.8. The molecule has 2 aromatic rings. The molecule has 1 aliphatic rings. The molecule has 2 amide bonds. The molecule has 0 unspecified atom stereocenters. The highest BCUT2D eigenvalue weighted by Gasteiger charge is 2.44. The normalized spacial score (nSPS) is 17.7. The van der Waals surface area contributed by atoms with Crippen LogP contribution in [-0.4, -0.2) is 30.6 Å². The Morgan fingerprint density at radius 2 is 1.76 bits per heavy atom. The lowest BCUT2D eigenvalue weighted by molar-refractivity contribution is -0.150. The largest absolute Gasteiger partial charge is 0.468 e. The number of allylic oxidation sites excluding steroid dienone is 1. The van der Waals surface area contributed by atoms with Crippen molar-refractivity contribution < 1.29 is 19.1 Å². The van der Waals surface area contributed by atoms with Gasteiger partial charge in [-0.3, -0.25) is 14.4 Å². The van der Waals surface area contributed by atoms with Crippen molar-refractivity contribution >= 4 is 70.0 Å². The van der Waals surface area contributed by atoms with Gasteiger partial charge in [-0.25, -0.2) is 0 Å². The van der Waals surface area contributed by atoms with Gasteiger partial charge in [-0.2, -0.15) is 5.26 Å². The van der Waals surface area contributed by atoms with Crippen molar-refractivity contribution in [2.45, 2.75) is 5.92 Å². The molecule has 0 fully saturated rings. The summed E-state index contributed by atoms with van der Waals surface area (Å²) >= 11 is 18.8. The summed E-state index contributed by atoms with van der Waals surface area (Å²) in [5.41, 5.74) is 1.08. The fourth-order valence-electron chi connectivity index (χ4n) is 3.31. The van der Waals surface area contributed by atoms with Gasteiger partial charge in [0.05, 0.1) is 29.5 Å². The standard InChI is InChI=1S/C22H16Cl3N3O4S/c1-32-22(31)19-18(11-2-4-12(23)5-3-11)16(9-26)21(28-20(19)30)33-10-17(29)27-15-7-13(24)6-14(25)8-15/h2-8,18-19H,10H2,1H3,(H,27,29)(H,28,30)/t18-,19-/m0/s1. The summed E-state index contributed by atoms with van der Waals surface area (Å²) in [7, 11) is 1.17. The van der Waals surface area contributed by atoms with E-state index in [-0.39, 0.29) is 16.4 Å². The van der Waals surface area contributed by atoms with Crippen LogP contribution in [0.1, 0.15) is 11.5 Å². The second-order valence-electron chi connectivity index (χ2n) is 6.87. The van der Waals surface area contributed by atoms with Crippen molar-refractivity contribution in [2.75, 3.05) is 18.2 Å². The van der Waals surface area contributed by atoms with Crippen molar-refractivity contribution in [3.05, 3.63) is 73.7 Å². The van der Waals surface area contributed by atoms with Crippen LogP contribution in [0.25, 0.3) is 0 Å². The molecule has 2 atom stereocenters. The predicted octanol–water partition coefficient (Wildman–Crippen LogP) is 4.76. The summed E-state index contributed by atoms with van der Waals surface area (Å²) in [5, 5.41) is 16.5. The van der Waals surface area contributed by atoms with Crippen LogP contribution in [0.2, 0.25) is 15.1 Å². The number of esters is 1. The number of benzene rings is 2. The van der Waals surface area contributed by atoms with E-state index in [2.05, 4.69) is 16.7 Å². The van der Waals surface area contributed by atoms with Gasteiger partial charge in [0.15, 0.2) is 0 Å². The Balaban J connectivity index is 1.88. The van der Waals surface area contributed by atoms with Crippen LogP contribution >= 0.6 is 46.6 Å². The minimum atomic E-state index is -1.27. The highest BCUT2D eigenvalue weighted by atomic mass is 35.5. The molecule has 1 heterocycles. The van der Waals surface area contributed by atoms with Crippen molar-refractivity contribution in [3.8, 4) is 6.07 Å². The van der Waals surface area contributed by atoms with Crippen LogP contribution in [0, 0.1) is 17.2 Å². The first kappa shape index (κ1) is 24.9. The molecule has 170 valence electrons. The Hall–Kier alpha value is -2.70. The minimum Gasteiger partial charge on any atom is -0.468 e. The Kier molecular flexibility index (Phi) is 8.27. The van der Waals surface area contributed by atoms with Gasteiger partial charge in [-0.1, -0.05) is 58.7 Å². The Labute approximate surface area is 209 Å². The minimum absolute atomic E-state index is 0.124. The number of anilines is 1. The number of carbonyl (C=O) groups is 3. The lowest BCUT2D eigenvalue weighted by Gasteiger charge is -2.30. The first-order valence-corrected chi connectivity index (χ1v) is 11.5. The third kappa shape index (κ3) is 6.01. The van der Waals surface area contributed by atoms with Crippen LogP contribution in [0.3, 0.4) is 0 Å². The average molecular weight is 525 g/mol. The quantitative estimate of drug-likeness (QED) is 0.417.